The molecule has 1 rings (SSSR count). The van der Waals surface area contributed by atoms with E-state index in [0.29, 0.717) is 0 Å². The summed E-state index contributed by atoms with van der Waals surface area (Å²) in [4.78, 5) is 23.8. The molecule has 2 unspecified atom stereocenters. The van der Waals surface area contributed by atoms with Crippen LogP contribution < -0.4 is 4.72 Å². The molecule has 7 nitrogen and oxygen atoms in total. The second-order valence-corrected chi connectivity index (χ2v) is 7.13. The standard InChI is InChI=1S/C11H16N2O5S2/c1-7(10(14)13(3)8(2)11(15)16)12-20(17,18)9-5-4-6-19-9/h4-8,12H,1-3H3,(H,15,16). The van der Waals surface area contributed by atoms with E-state index in [0.717, 1.165) is 16.2 Å². The molecule has 0 radical (unpaired) electrons. The lowest BCUT2D eigenvalue weighted by atomic mass is 10.2. The van der Waals surface area contributed by atoms with Gasteiger partial charge in [0.25, 0.3) is 10.0 Å². The predicted molar refractivity (Wildman–Crippen MR) is 74.0 cm³/mol. The average molecular weight is 320 g/mol. The van der Waals surface area contributed by atoms with E-state index >= 15 is 0 Å². The van der Waals surface area contributed by atoms with E-state index in [2.05, 4.69) is 4.72 Å². The van der Waals surface area contributed by atoms with Crippen molar-refractivity contribution in [3.05, 3.63) is 17.5 Å². The monoisotopic (exact) mass is 320 g/mol. The van der Waals surface area contributed by atoms with Crippen molar-refractivity contribution >= 4 is 33.2 Å². The number of nitrogens with zero attached hydrogens (tertiary/aromatic N) is 1. The van der Waals surface area contributed by atoms with Crippen molar-refractivity contribution in [2.75, 3.05) is 7.05 Å². The molecule has 0 saturated carbocycles. The molecule has 0 aliphatic rings. The Morgan fingerprint density at radius 1 is 1.40 bits per heavy atom. The van der Waals surface area contributed by atoms with Crippen molar-refractivity contribution in [1.82, 2.24) is 9.62 Å². The fraction of sp³-hybridized carbons (Fsp3) is 0.455. The van der Waals surface area contributed by atoms with Gasteiger partial charge in [-0.3, -0.25) is 4.79 Å². The van der Waals surface area contributed by atoms with Crippen LogP contribution in [0.1, 0.15) is 13.8 Å². The Balaban J connectivity index is 2.79. The number of aliphatic carboxylic acids is 1. The maximum atomic E-state index is 12.0. The SMILES string of the molecule is CC(NS(=O)(=O)c1cccs1)C(=O)N(C)C(C)C(=O)O. The summed E-state index contributed by atoms with van der Waals surface area (Å²) < 4.78 is 26.2. The van der Waals surface area contributed by atoms with E-state index in [1.54, 1.807) is 11.4 Å². The maximum Gasteiger partial charge on any atom is 0.326 e. The lowest BCUT2D eigenvalue weighted by Gasteiger charge is -2.25. The number of carboxylic acids is 1. The van der Waals surface area contributed by atoms with Crippen molar-refractivity contribution in [2.24, 2.45) is 0 Å². The molecule has 2 atom stereocenters. The molecule has 0 fully saturated rings. The first kappa shape index (κ1) is 16.6. The molecule has 0 aliphatic heterocycles. The highest BCUT2D eigenvalue weighted by atomic mass is 32.2. The molecule has 20 heavy (non-hydrogen) atoms. The van der Waals surface area contributed by atoms with Crippen LogP contribution in [-0.2, 0) is 19.6 Å². The van der Waals surface area contributed by atoms with Gasteiger partial charge in [-0.25, -0.2) is 13.2 Å². The summed E-state index contributed by atoms with van der Waals surface area (Å²) in [6, 6.07) is 0.933. The van der Waals surface area contributed by atoms with Crippen molar-refractivity contribution in [2.45, 2.75) is 30.1 Å². The molecule has 9 heteroatoms. The zero-order valence-electron chi connectivity index (χ0n) is 11.2. The Morgan fingerprint density at radius 2 is 2.00 bits per heavy atom. The van der Waals surface area contributed by atoms with E-state index in [1.165, 1.54) is 27.0 Å². The quantitative estimate of drug-likeness (QED) is 0.787. The first-order chi connectivity index (χ1) is 9.16. The highest BCUT2D eigenvalue weighted by Gasteiger charge is 2.29. The van der Waals surface area contributed by atoms with Crippen LogP contribution in [0.5, 0.6) is 0 Å². The first-order valence-electron chi connectivity index (χ1n) is 5.72. The van der Waals surface area contributed by atoms with Crippen LogP contribution in [0.3, 0.4) is 0 Å². The molecule has 1 aromatic heterocycles. The van der Waals surface area contributed by atoms with Crippen molar-refractivity contribution in [3.63, 3.8) is 0 Å². The van der Waals surface area contributed by atoms with E-state index in [4.69, 9.17) is 5.11 Å². The summed E-state index contributed by atoms with van der Waals surface area (Å²) in [5.41, 5.74) is 0. The van der Waals surface area contributed by atoms with E-state index < -0.39 is 34.0 Å². The number of likely N-dealkylation sites (N-methyl/N-ethyl adjacent to an activating group) is 1. The Hall–Kier alpha value is -1.45. The lowest BCUT2D eigenvalue weighted by Crippen LogP contribution is -2.50. The molecule has 1 amide bonds. The molecular formula is C11H16N2O5S2. The average Bonchev–Trinajstić information content (AvgIpc) is 2.89. The number of carbonyl (C=O) groups is 2. The van der Waals surface area contributed by atoms with Gasteiger partial charge in [-0.2, -0.15) is 4.72 Å². The summed E-state index contributed by atoms with van der Waals surface area (Å²) in [5, 5.41) is 10.4. The number of hydrogen-bond donors (Lipinski definition) is 2. The van der Waals surface area contributed by atoms with E-state index in [-0.39, 0.29) is 4.21 Å². The molecule has 1 heterocycles. The molecule has 2 N–H and O–H groups in total. The van der Waals surface area contributed by atoms with Crippen LogP contribution in [-0.4, -0.2) is 49.4 Å². The number of carbonyl (C=O) groups excluding carboxylic acids is 1. The van der Waals surface area contributed by atoms with Gasteiger partial charge < -0.3 is 10.0 Å². The highest BCUT2D eigenvalue weighted by Crippen LogP contribution is 2.16. The molecule has 1 aromatic rings. The third-order valence-electron chi connectivity index (χ3n) is 2.75. The maximum absolute atomic E-state index is 12.0. The fourth-order valence-corrected chi connectivity index (χ4v) is 3.63. The molecular weight excluding hydrogens is 304 g/mol. The zero-order valence-corrected chi connectivity index (χ0v) is 12.9. The van der Waals surface area contributed by atoms with Crippen molar-refractivity contribution < 1.29 is 23.1 Å². The van der Waals surface area contributed by atoms with Crippen LogP contribution in [0.2, 0.25) is 0 Å². The fourth-order valence-electron chi connectivity index (χ4n) is 1.42. The topological polar surface area (TPSA) is 104 Å². The third kappa shape index (κ3) is 3.78. The highest BCUT2D eigenvalue weighted by molar-refractivity contribution is 7.91. The lowest BCUT2D eigenvalue weighted by molar-refractivity contribution is -0.148. The molecule has 0 spiro atoms. The zero-order chi connectivity index (χ0) is 15.5. The van der Waals surface area contributed by atoms with E-state index in [9.17, 15) is 18.0 Å². The van der Waals surface area contributed by atoms with Gasteiger partial charge >= 0.3 is 5.97 Å². The minimum atomic E-state index is -3.77. The van der Waals surface area contributed by atoms with Gasteiger partial charge in [0.2, 0.25) is 5.91 Å². The number of carboxylic acid groups (broad SMARTS) is 1. The van der Waals surface area contributed by atoms with Crippen LogP contribution >= 0.6 is 11.3 Å². The van der Waals surface area contributed by atoms with Crippen LogP contribution in [0, 0.1) is 0 Å². The minimum Gasteiger partial charge on any atom is -0.480 e. The Morgan fingerprint density at radius 3 is 2.45 bits per heavy atom. The molecule has 112 valence electrons. The summed E-state index contributed by atoms with van der Waals surface area (Å²) in [5.74, 6) is -1.77. The summed E-state index contributed by atoms with van der Waals surface area (Å²) in [6.07, 6.45) is 0. The smallest absolute Gasteiger partial charge is 0.326 e. The minimum absolute atomic E-state index is 0.103. The summed E-state index contributed by atoms with van der Waals surface area (Å²) >= 11 is 1.03. The van der Waals surface area contributed by atoms with Gasteiger partial charge in [0.1, 0.15) is 10.3 Å². The van der Waals surface area contributed by atoms with E-state index in [1.807, 2.05) is 0 Å². The molecule has 0 aromatic carbocycles. The van der Waals surface area contributed by atoms with Gasteiger partial charge in [-0.15, -0.1) is 11.3 Å². The number of hydrogen-bond acceptors (Lipinski definition) is 5. The first-order valence-corrected chi connectivity index (χ1v) is 8.08. The summed E-state index contributed by atoms with van der Waals surface area (Å²) in [6.45, 7) is 2.72. The molecule has 0 saturated heterocycles. The number of rotatable bonds is 6. The van der Waals surface area contributed by atoms with Gasteiger partial charge in [0.15, 0.2) is 0 Å². The molecule has 0 aliphatic carbocycles. The Labute approximate surface area is 121 Å². The number of sulfonamides is 1. The van der Waals surface area contributed by atoms with Crippen molar-refractivity contribution in [3.8, 4) is 0 Å². The predicted octanol–water partition coefficient (Wildman–Crippen LogP) is 0.346. The van der Waals surface area contributed by atoms with Gasteiger partial charge in [0, 0.05) is 7.05 Å². The van der Waals surface area contributed by atoms with Gasteiger partial charge in [-0.1, -0.05) is 6.07 Å². The summed E-state index contributed by atoms with van der Waals surface area (Å²) in [7, 11) is -2.45. The van der Waals surface area contributed by atoms with Crippen LogP contribution in [0.25, 0.3) is 0 Å². The normalized spacial score (nSPS) is 14.6. The molecule has 0 bridgehead atoms. The second-order valence-electron chi connectivity index (χ2n) is 4.24. The van der Waals surface area contributed by atoms with Gasteiger partial charge in [0.05, 0.1) is 6.04 Å². The number of amides is 1. The van der Waals surface area contributed by atoms with Crippen LogP contribution in [0.15, 0.2) is 21.7 Å². The van der Waals surface area contributed by atoms with Crippen molar-refractivity contribution in [1.29, 1.82) is 0 Å². The number of nitrogens with one attached hydrogen (secondary N) is 1. The van der Waals surface area contributed by atoms with Gasteiger partial charge in [-0.05, 0) is 25.3 Å². The second kappa shape index (κ2) is 6.33. The van der Waals surface area contributed by atoms with Crippen LogP contribution in [0.4, 0.5) is 0 Å². The third-order valence-corrected chi connectivity index (χ3v) is 5.69. The number of thiophene rings is 1. The largest absolute Gasteiger partial charge is 0.480 e. The Bertz CT molecular complexity index is 582. The Kier molecular flexibility index (Phi) is 5.26.